The molecule has 3 heteroatoms. The van der Waals surface area contributed by atoms with Gasteiger partial charge in [-0.1, -0.05) is 25.5 Å². The molecule has 0 heterocycles. The predicted molar refractivity (Wildman–Crippen MR) is 67.4 cm³/mol. The monoisotopic (exact) mass is 222 g/mol. The summed E-state index contributed by atoms with van der Waals surface area (Å²) in [5, 5.41) is 1.95. The Balaban J connectivity index is 2.35. The van der Waals surface area contributed by atoms with Gasteiger partial charge >= 0.3 is 0 Å². The average molecular weight is 222 g/mol. The summed E-state index contributed by atoms with van der Waals surface area (Å²) in [6.07, 6.45) is 2.29. The first-order valence-corrected chi connectivity index (χ1v) is 5.85. The van der Waals surface area contributed by atoms with E-state index in [1.165, 1.54) is 12.0 Å². The topological polar surface area (TPSA) is 24.5 Å². The number of hydrazine groups is 1. The van der Waals surface area contributed by atoms with Crippen molar-refractivity contribution in [2.24, 2.45) is 0 Å². The lowest BCUT2D eigenvalue weighted by molar-refractivity contribution is 0.285. The third-order valence-corrected chi connectivity index (χ3v) is 2.29. The molecule has 1 rings (SSSR count). The van der Waals surface area contributed by atoms with Crippen LogP contribution in [0.15, 0.2) is 24.3 Å². The molecule has 0 fully saturated rings. The first-order valence-electron chi connectivity index (χ1n) is 5.85. The Labute approximate surface area is 98.4 Å². The zero-order valence-electron chi connectivity index (χ0n) is 10.5. The Morgan fingerprint density at radius 2 is 1.88 bits per heavy atom. The number of ether oxygens (including phenoxy) is 1. The van der Waals surface area contributed by atoms with Crippen molar-refractivity contribution in [1.29, 1.82) is 0 Å². The minimum atomic E-state index is 0.811. The van der Waals surface area contributed by atoms with Crippen LogP contribution in [0.5, 0.6) is 5.75 Å². The van der Waals surface area contributed by atoms with E-state index in [1.54, 1.807) is 0 Å². The molecule has 1 aromatic rings. The number of unbranched alkanes of at least 4 members (excludes halogenated alkanes) is 1. The van der Waals surface area contributed by atoms with E-state index >= 15 is 0 Å². The highest BCUT2D eigenvalue weighted by molar-refractivity contribution is 5.27. The number of rotatable bonds is 7. The highest BCUT2D eigenvalue weighted by Crippen LogP contribution is 2.12. The lowest BCUT2D eigenvalue weighted by Gasteiger charge is -2.12. The Kier molecular flexibility index (Phi) is 5.90. The summed E-state index contributed by atoms with van der Waals surface area (Å²) in [7, 11) is 3.98. The second-order valence-corrected chi connectivity index (χ2v) is 4.08. The summed E-state index contributed by atoms with van der Waals surface area (Å²) in [5.41, 5.74) is 4.49. The summed E-state index contributed by atoms with van der Waals surface area (Å²) in [6, 6.07) is 8.25. The van der Waals surface area contributed by atoms with E-state index in [2.05, 4.69) is 24.5 Å². The molecule has 0 atom stereocenters. The standard InChI is InChI=1S/C13H22N2O/c1-4-5-10-16-13-8-6-12(7-9-13)11-14-15(2)3/h6-9,14H,4-5,10-11H2,1-3H3. The molecule has 1 N–H and O–H groups in total. The average Bonchev–Trinajstić information content (AvgIpc) is 2.28. The van der Waals surface area contributed by atoms with Gasteiger partial charge in [-0.05, 0) is 24.1 Å². The second kappa shape index (κ2) is 7.25. The van der Waals surface area contributed by atoms with Crippen LogP contribution in [-0.2, 0) is 6.54 Å². The quantitative estimate of drug-likeness (QED) is 0.566. The normalized spacial score (nSPS) is 10.8. The Bertz CT molecular complexity index is 282. The Morgan fingerprint density at radius 3 is 2.44 bits per heavy atom. The van der Waals surface area contributed by atoms with Crippen molar-refractivity contribution in [1.82, 2.24) is 10.4 Å². The smallest absolute Gasteiger partial charge is 0.119 e. The lowest BCUT2D eigenvalue weighted by Crippen LogP contribution is -2.29. The molecule has 90 valence electrons. The van der Waals surface area contributed by atoms with Crippen LogP contribution in [0.2, 0.25) is 0 Å². The fraction of sp³-hybridized carbons (Fsp3) is 0.538. The van der Waals surface area contributed by atoms with Gasteiger partial charge in [-0.3, -0.25) is 10.4 Å². The molecule has 3 nitrogen and oxygen atoms in total. The summed E-state index contributed by atoms with van der Waals surface area (Å²) >= 11 is 0. The zero-order chi connectivity index (χ0) is 11.8. The third-order valence-electron chi connectivity index (χ3n) is 2.29. The van der Waals surface area contributed by atoms with Gasteiger partial charge in [0.2, 0.25) is 0 Å². The van der Waals surface area contributed by atoms with Gasteiger partial charge in [-0.15, -0.1) is 0 Å². The van der Waals surface area contributed by atoms with Gasteiger partial charge < -0.3 is 4.74 Å². The van der Waals surface area contributed by atoms with Crippen LogP contribution in [0.4, 0.5) is 0 Å². The number of benzene rings is 1. The molecular weight excluding hydrogens is 200 g/mol. The van der Waals surface area contributed by atoms with Crippen LogP contribution in [-0.4, -0.2) is 25.7 Å². The van der Waals surface area contributed by atoms with Crippen molar-refractivity contribution < 1.29 is 4.74 Å². The maximum Gasteiger partial charge on any atom is 0.119 e. The van der Waals surface area contributed by atoms with Crippen molar-refractivity contribution in [3.05, 3.63) is 29.8 Å². The van der Waals surface area contributed by atoms with Gasteiger partial charge in [-0.25, -0.2) is 0 Å². The van der Waals surface area contributed by atoms with Crippen molar-refractivity contribution in [3.63, 3.8) is 0 Å². The van der Waals surface area contributed by atoms with Crippen molar-refractivity contribution >= 4 is 0 Å². The molecule has 1 aromatic carbocycles. The van der Waals surface area contributed by atoms with E-state index < -0.39 is 0 Å². The molecule has 0 aliphatic rings. The number of nitrogens with zero attached hydrogens (tertiary/aromatic N) is 1. The van der Waals surface area contributed by atoms with E-state index in [-0.39, 0.29) is 0 Å². The molecule has 0 spiro atoms. The van der Waals surface area contributed by atoms with Gasteiger partial charge in [0.25, 0.3) is 0 Å². The Hall–Kier alpha value is -1.06. The fourth-order valence-corrected chi connectivity index (χ4v) is 1.29. The molecule has 0 amide bonds. The first-order chi connectivity index (χ1) is 7.72. The van der Waals surface area contributed by atoms with Crippen LogP contribution in [0.25, 0.3) is 0 Å². The third kappa shape index (κ3) is 5.14. The highest BCUT2D eigenvalue weighted by Gasteiger charge is 1.96. The maximum atomic E-state index is 5.60. The van der Waals surface area contributed by atoms with E-state index in [4.69, 9.17) is 4.74 Å². The van der Waals surface area contributed by atoms with Crippen LogP contribution >= 0.6 is 0 Å². The van der Waals surface area contributed by atoms with Crippen LogP contribution in [0, 0.1) is 0 Å². The molecule has 0 bridgehead atoms. The number of hydrogen-bond acceptors (Lipinski definition) is 3. The van der Waals surface area contributed by atoms with Gasteiger partial charge in [0.15, 0.2) is 0 Å². The van der Waals surface area contributed by atoms with Crippen molar-refractivity contribution in [3.8, 4) is 5.75 Å². The van der Waals surface area contributed by atoms with E-state index in [1.807, 2.05) is 31.2 Å². The Morgan fingerprint density at radius 1 is 1.19 bits per heavy atom. The summed E-state index contributed by atoms with van der Waals surface area (Å²) in [6.45, 7) is 3.83. The highest BCUT2D eigenvalue weighted by atomic mass is 16.5. The van der Waals surface area contributed by atoms with Crippen molar-refractivity contribution in [2.75, 3.05) is 20.7 Å². The van der Waals surface area contributed by atoms with Gasteiger partial charge in [0.1, 0.15) is 5.75 Å². The van der Waals surface area contributed by atoms with Crippen LogP contribution in [0.3, 0.4) is 0 Å². The summed E-state index contributed by atoms with van der Waals surface area (Å²) in [4.78, 5) is 0. The summed E-state index contributed by atoms with van der Waals surface area (Å²) in [5.74, 6) is 0.960. The molecule has 0 saturated heterocycles. The van der Waals surface area contributed by atoms with Gasteiger partial charge in [0.05, 0.1) is 6.61 Å². The lowest BCUT2D eigenvalue weighted by atomic mass is 10.2. The minimum absolute atomic E-state index is 0.811. The molecule has 0 saturated carbocycles. The minimum Gasteiger partial charge on any atom is -0.494 e. The SMILES string of the molecule is CCCCOc1ccc(CNN(C)C)cc1. The number of nitrogens with one attached hydrogen (secondary N) is 1. The van der Waals surface area contributed by atoms with Crippen LogP contribution in [0.1, 0.15) is 25.3 Å². The molecule has 0 radical (unpaired) electrons. The molecule has 16 heavy (non-hydrogen) atoms. The number of hydrogen-bond donors (Lipinski definition) is 1. The largest absolute Gasteiger partial charge is 0.494 e. The molecule has 0 aromatic heterocycles. The van der Waals surface area contributed by atoms with E-state index in [0.29, 0.717) is 0 Å². The van der Waals surface area contributed by atoms with E-state index in [9.17, 15) is 0 Å². The van der Waals surface area contributed by atoms with Gasteiger partial charge in [0, 0.05) is 20.6 Å². The molecule has 0 unspecified atom stereocenters. The van der Waals surface area contributed by atoms with Crippen LogP contribution < -0.4 is 10.2 Å². The fourth-order valence-electron chi connectivity index (χ4n) is 1.29. The molecule has 0 aliphatic carbocycles. The zero-order valence-corrected chi connectivity index (χ0v) is 10.5. The van der Waals surface area contributed by atoms with E-state index in [0.717, 1.165) is 25.3 Å². The molecule has 0 aliphatic heterocycles. The van der Waals surface area contributed by atoms with Crippen molar-refractivity contribution in [2.45, 2.75) is 26.3 Å². The molecular formula is C13H22N2O. The second-order valence-electron chi connectivity index (χ2n) is 4.08. The summed E-state index contributed by atoms with van der Waals surface area (Å²) < 4.78 is 5.60. The predicted octanol–water partition coefficient (Wildman–Crippen LogP) is 2.43. The first kappa shape index (κ1) is 13.0. The maximum absolute atomic E-state index is 5.60. The van der Waals surface area contributed by atoms with Gasteiger partial charge in [-0.2, -0.15) is 0 Å².